The summed E-state index contributed by atoms with van der Waals surface area (Å²) >= 11 is 0. The van der Waals surface area contributed by atoms with Gasteiger partial charge in [-0.1, -0.05) is 0 Å². The van der Waals surface area contributed by atoms with Gasteiger partial charge in [-0.05, 0) is 30.7 Å². The highest BCUT2D eigenvalue weighted by molar-refractivity contribution is 5.92. The number of hydrogen-bond acceptors (Lipinski definition) is 6. The Hall–Kier alpha value is -2.80. The molecule has 2 aromatic rings. The third kappa shape index (κ3) is 5.36. The highest BCUT2D eigenvalue weighted by Gasteiger charge is 2.08. The zero-order valence-corrected chi connectivity index (χ0v) is 14.7. The van der Waals surface area contributed by atoms with Gasteiger partial charge in [0, 0.05) is 32.0 Å². The number of nitrogens with one attached hydrogen (secondary N) is 2. The molecule has 0 bridgehead atoms. The first-order chi connectivity index (χ1) is 12.2. The molecule has 2 N–H and O–H groups in total. The molecule has 1 aromatic heterocycles. The molecule has 0 aliphatic rings. The smallest absolute Gasteiger partial charge is 0.269 e. The normalized spacial score (nSPS) is 10.2. The predicted octanol–water partition coefficient (Wildman–Crippen LogP) is 2.61. The Balaban J connectivity index is 1.97. The summed E-state index contributed by atoms with van der Waals surface area (Å²) in [5, 5.41) is 6.01. The van der Waals surface area contributed by atoms with Crippen molar-refractivity contribution in [2.24, 2.45) is 0 Å². The number of ether oxygens (including phenoxy) is 3. The molecule has 134 valence electrons. The average Bonchev–Trinajstić information content (AvgIpc) is 2.65. The van der Waals surface area contributed by atoms with Crippen LogP contribution >= 0.6 is 0 Å². The Labute approximate surface area is 147 Å². The second-order valence-electron chi connectivity index (χ2n) is 5.23. The van der Waals surface area contributed by atoms with Crippen LogP contribution in [0.4, 0.5) is 11.4 Å². The maximum Gasteiger partial charge on any atom is 0.269 e. The van der Waals surface area contributed by atoms with E-state index in [2.05, 4.69) is 15.6 Å². The number of nitrogens with zero attached hydrogens (tertiary/aromatic N) is 1. The van der Waals surface area contributed by atoms with E-state index in [1.54, 1.807) is 39.7 Å². The standard InChI is InChI=1S/C18H23N3O4/c1-23-10-4-9-19-18(22)15-7-5-14(12-20-15)21-13-6-8-16(24-2)17(11-13)25-3/h5-8,11-12,21H,4,9-10H2,1-3H3,(H,19,22). The van der Waals surface area contributed by atoms with Crippen molar-refractivity contribution in [1.29, 1.82) is 0 Å². The zero-order valence-electron chi connectivity index (χ0n) is 14.7. The number of carbonyl (C=O) groups is 1. The molecule has 7 heteroatoms. The number of rotatable bonds is 9. The van der Waals surface area contributed by atoms with Gasteiger partial charge in [0.1, 0.15) is 5.69 Å². The molecule has 1 amide bonds. The van der Waals surface area contributed by atoms with Crippen LogP contribution < -0.4 is 20.1 Å². The minimum Gasteiger partial charge on any atom is -0.493 e. The molecule has 7 nitrogen and oxygen atoms in total. The molecule has 0 saturated carbocycles. The van der Waals surface area contributed by atoms with Gasteiger partial charge in [-0.15, -0.1) is 0 Å². The van der Waals surface area contributed by atoms with E-state index in [9.17, 15) is 4.79 Å². The summed E-state index contributed by atoms with van der Waals surface area (Å²) < 4.78 is 15.4. The van der Waals surface area contributed by atoms with Crippen molar-refractivity contribution >= 4 is 17.3 Å². The van der Waals surface area contributed by atoms with Crippen LogP contribution in [0.3, 0.4) is 0 Å². The molecule has 25 heavy (non-hydrogen) atoms. The quantitative estimate of drug-likeness (QED) is 0.680. The molecular formula is C18H23N3O4. The largest absolute Gasteiger partial charge is 0.493 e. The van der Waals surface area contributed by atoms with Crippen LogP contribution in [0.15, 0.2) is 36.5 Å². The number of carbonyl (C=O) groups excluding carboxylic acids is 1. The summed E-state index contributed by atoms with van der Waals surface area (Å²) in [5.74, 6) is 1.09. The predicted molar refractivity (Wildman–Crippen MR) is 95.9 cm³/mol. The van der Waals surface area contributed by atoms with E-state index in [0.29, 0.717) is 30.3 Å². The lowest BCUT2D eigenvalue weighted by atomic mass is 10.2. The summed E-state index contributed by atoms with van der Waals surface area (Å²) in [6.07, 6.45) is 2.38. The molecule has 0 aliphatic carbocycles. The molecule has 0 fully saturated rings. The first kappa shape index (κ1) is 18.5. The molecule has 2 rings (SSSR count). The lowest BCUT2D eigenvalue weighted by Gasteiger charge is -2.11. The molecular weight excluding hydrogens is 322 g/mol. The number of amides is 1. The molecule has 0 radical (unpaired) electrons. The number of pyridine rings is 1. The third-order valence-corrected chi connectivity index (χ3v) is 3.48. The van der Waals surface area contributed by atoms with Gasteiger partial charge in [0.25, 0.3) is 5.91 Å². The Morgan fingerprint density at radius 1 is 1.04 bits per heavy atom. The van der Waals surface area contributed by atoms with Gasteiger partial charge in [0.2, 0.25) is 0 Å². The van der Waals surface area contributed by atoms with Crippen molar-refractivity contribution in [3.63, 3.8) is 0 Å². The van der Waals surface area contributed by atoms with Gasteiger partial charge < -0.3 is 24.8 Å². The molecule has 0 saturated heterocycles. The summed E-state index contributed by atoms with van der Waals surface area (Å²) in [6.45, 7) is 1.17. The van der Waals surface area contributed by atoms with Crippen LogP contribution in [-0.4, -0.2) is 45.4 Å². The van der Waals surface area contributed by atoms with E-state index in [1.165, 1.54) is 0 Å². The Kier molecular flexibility index (Phi) is 7.03. The number of aromatic nitrogens is 1. The molecule has 0 unspecified atom stereocenters. The van der Waals surface area contributed by atoms with Crippen LogP contribution in [0.2, 0.25) is 0 Å². The van der Waals surface area contributed by atoms with Crippen molar-refractivity contribution in [3.05, 3.63) is 42.2 Å². The van der Waals surface area contributed by atoms with Gasteiger partial charge in [0.05, 0.1) is 26.1 Å². The molecule has 0 aliphatic heterocycles. The van der Waals surface area contributed by atoms with E-state index in [4.69, 9.17) is 14.2 Å². The monoisotopic (exact) mass is 345 g/mol. The topological polar surface area (TPSA) is 81.7 Å². The molecule has 0 spiro atoms. The lowest BCUT2D eigenvalue weighted by Crippen LogP contribution is -2.26. The summed E-state index contributed by atoms with van der Waals surface area (Å²) in [4.78, 5) is 16.2. The molecule has 1 aromatic carbocycles. The first-order valence-corrected chi connectivity index (χ1v) is 7.90. The van der Waals surface area contributed by atoms with Crippen molar-refractivity contribution in [1.82, 2.24) is 10.3 Å². The van der Waals surface area contributed by atoms with Crippen molar-refractivity contribution in [2.45, 2.75) is 6.42 Å². The van der Waals surface area contributed by atoms with E-state index in [0.717, 1.165) is 17.8 Å². The third-order valence-electron chi connectivity index (χ3n) is 3.48. The van der Waals surface area contributed by atoms with Crippen LogP contribution in [-0.2, 0) is 4.74 Å². The van der Waals surface area contributed by atoms with Crippen LogP contribution in [0.1, 0.15) is 16.9 Å². The summed E-state index contributed by atoms with van der Waals surface area (Å²) in [7, 11) is 4.81. The minimum absolute atomic E-state index is 0.200. The van der Waals surface area contributed by atoms with E-state index < -0.39 is 0 Å². The highest BCUT2D eigenvalue weighted by atomic mass is 16.5. The zero-order chi connectivity index (χ0) is 18.1. The maximum atomic E-state index is 12.0. The summed E-state index contributed by atoms with van der Waals surface area (Å²) in [5.41, 5.74) is 1.97. The van der Waals surface area contributed by atoms with Crippen LogP contribution in [0, 0.1) is 0 Å². The Morgan fingerprint density at radius 3 is 2.44 bits per heavy atom. The van der Waals surface area contributed by atoms with Gasteiger partial charge >= 0.3 is 0 Å². The first-order valence-electron chi connectivity index (χ1n) is 7.90. The van der Waals surface area contributed by atoms with Crippen molar-refractivity contribution in [2.75, 3.05) is 39.8 Å². The maximum absolute atomic E-state index is 12.0. The number of anilines is 2. The second-order valence-corrected chi connectivity index (χ2v) is 5.23. The fourth-order valence-corrected chi connectivity index (χ4v) is 2.19. The Bertz CT molecular complexity index is 689. The van der Waals surface area contributed by atoms with Gasteiger partial charge in [-0.3, -0.25) is 4.79 Å². The minimum atomic E-state index is -0.200. The highest BCUT2D eigenvalue weighted by Crippen LogP contribution is 2.30. The van der Waals surface area contributed by atoms with Crippen molar-refractivity contribution in [3.8, 4) is 11.5 Å². The fourth-order valence-electron chi connectivity index (χ4n) is 2.19. The van der Waals surface area contributed by atoms with E-state index in [1.807, 2.05) is 18.2 Å². The van der Waals surface area contributed by atoms with Gasteiger partial charge in [0.15, 0.2) is 11.5 Å². The molecule has 1 heterocycles. The fraction of sp³-hybridized carbons (Fsp3) is 0.333. The second kappa shape index (κ2) is 9.48. The van der Waals surface area contributed by atoms with E-state index in [-0.39, 0.29) is 5.91 Å². The average molecular weight is 345 g/mol. The lowest BCUT2D eigenvalue weighted by molar-refractivity contribution is 0.0943. The summed E-state index contributed by atoms with van der Waals surface area (Å²) in [6, 6.07) is 8.99. The van der Waals surface area contributed by atoms with Crippen LogP contribution in [0.5, 0.6) is 11.5 Å². The van der Waals surface area contributed by atoms with Crippen LogP contribution in [0.25, 0.3) is 0 Å². The van der Waals surface area contributed by atoms with Crippen molar-refractivity contribution < 1.29 is 19.0 Å². The SMILES string of the molecule is COCCCNC(=O)c1ccc(Nc2ccc(OC)c(OC)c2)cn1. The van der Waals surface area contributed by atoms with E-state index >= 15 is 0 Å². The molecule has 0 atom stereocenters. The van der Waals surface area contributed by atoms with Gasteiger partial charge in [-0.2, -0.15) is 0 Å². The number of methoxy groups -OCH3 is 3. The van der Waals surface area contributed by atoms with Gasteiger partial charge in [-0.25, -0.2) is 4.98 Å². The number of benzene rings is 1. The number of hydrogen-bond donors (Lipinski definition) is 2. The Morgan fingerprint density at radius 2 is 1.80 bits per heavy atom.